The van der Waals surface area contributed by atoms with E-state index in [1.165, 1.54) is 30.4 Å². The van der Waals surface area contributed by atoms with Crippen LogP contribution in [0.2, 0.25) is 0 Å². The Morgan fingerprint density at radius 3 is 2.77 bits per heavy atom. The fraction of sp³-hybridized carbons (Fsp3) is 0.500. The van der Waals surface area contributed by atoms with Crippen molar-refractivity contribution >= 4 is 0 Å². The molecule has 1 aliphatic carbocycles. The number of fused-ring (bicyclic) bond motifs is 1. The third-order valence-electron chi connectivity index (χ3n) is 2.98. The molecule has 1 aromatic carbocycles. The minimum absolute atomic E-state index is 1.02. The normalized spacial score (nSPS) is 14.6. The maximum atomic E-state index is 3.23. The number of hydrogen-bond acceptors (Lipinski definition) is 1. The van der Waals surface area contributed by atoms with Gasteiger partial charge in [0.1, 0.15) is 0 Å². The highest BCUT2D eigenvalue weighted by molar-refractivity contribution is 5.43. The lowest BCUT2D eigenvalue weighted by atomic mass is 9.99. The number of rotatable bonds is 2. The monoisotopic (exact) mass is 175 g/mol. The van der Waals surface area contributed by atoms with Crippen molar-refractivity contribution in [3.63, 3.8) is 0 Å². The molecule has 0 atom stereocenters. The van der Waals surface area contributed by atoms with E-state index in [0.717, 1.165) is 6.54 Å². The molecule has 0 aliphatic heterocycles. The fourth-order valence-corrected chi connectivity index (χ4v) is 2.32. The molecule has 0 bridgehead atoms. The van der Waals surface area contributed by atoms with E-state index in [4.69, 9.17) is 0 Å². The van der Waals surface area contributed by atoms with Gasteiger partial charge in [-0.2, -0.15) is 0 Å². The number of hydrogen-bond donors (Lipinski definition) is 1. The van der Waals surface area contributed by atoms with Gasteiger partial charge < -0.3 is 5.32 Å². The van der Waals surface area contributed by atoms with E-state index in [9.17, 15) is 0 Å². The molecule has 0 unspecified atom stereocenters. The molecule has 0 saturated heterocycles. The molecular formula is C12H17N. The Hall–Kier alpha value is -0.820. The van der Waals surface area contributed by atoms with Crippen molar-refractivity contribution in [1.29, 1.82) is 0 Å². The van der Waals surface area contributed by atoms with Crippen LogP contribution in [0, 0.1) is 6.92 Å². The molecule has 0 heterocycles. The van der Waals surface area contributed by atoms with Crippen molar-refractivity contribution in [2.45, 2.75) is 32.7 Å². The van der Waals surface area contributed by atoms with E-state index in [1.807, 2.05) is 7.05 Å². The summed E-state index contributed by atoms with van der Waals surface area (Å²) in [4.78, 5) is 0. The Kier molecular flexibility index (Phi) is 2.36. The van der Waals surface area contributed by atoms with Crippen molar-refractivity contribution in [3.8, 4) is 0 Å². The maximum Gasteiger partial charge on any atom is 0.0205 e. The fourth-order valence-electron chi connectivity index (χ4n) is 2.32. The molecule has 70 valence electrons. The van der Waals surface area contributed by atoms with Crippen LogP contribution in [-0.2, 0) is 19.4 Å². The topological polar surface area (TPSA) is 12.0 Å². The predicted octanol–water partition coefficient (Wildman–Crippen LogP) is 2.20. The van der Waals surface area contributed by atoms with Gasteiger partial charge in [-0.25, -0.2) is 0 Å². The van der Waals surface area contributed by atoms with E-state index >= 15 is 0 Å². The lowest BCUT2D eigenvalue weighted by molar-refractivity contribution is 0.804. The maximum absolute atomic E-state index is 3.23. The van der Waals surface area contributed by atoms with Crippen LogP contribution in [-0.4, -0.2) is 7.05 Å². The van der Waals surface area contributed by atoms with Crippen molar-refractivity contribution < 1.29 is 0 Å². The van der Waals surface area contributed by atoms with Crippen LogP contribution in [0.3, 0.4) is 0 Å². The van der Waals surface area contributed by atoms with Crippen LogP contribution in [0.1, 0.15) is 28.7 Å². The molecule has 0 radical (unpaired) electrons. The Morgan fingerprint density at radius 1 is 1.23 bits per heavy atom. The zero-order valence-corrected chi connectivity index (χ0v) is 8.48. The third kappa shape index (κ3) is 1.49. The second kappa shape index (κ2) is 3.51. The first-order valence-corrected chi connectivity index (χ1v) is 5.07. The summed E-state index contributed by atoms with van der Waals surface area (Å²) in [6.07, 6.45) is 3.92. The van der Waals surface area contributed by atoms with Crippen LogP contribution < -0.4 is 5.32 Å². The van der Waals surface area contributed by atoms with Crippen LogP contribution in [0.4, 0.5) is 0 Å². The molecule has 0 aromatic heterocycles. The van der Waals surface area contributed by atoms with E-state index in [-0.39, 0.29) is 0 Å². The molecule has 13 heavy (non-hydrogen) atoms. The average Bonchev–Trinajstić information content (AvgIpc) is 2.59. The van der Waals surface area contributed by atoms with Gasteiger partial charge in [0.25, 0.3) is 0 Å². The minimum Gasteiger partial charge on any atom is -0.316 e. The van der Waals surface area contributed by atoms with Crippen LogP contribution in [0.5, 0.6) is 0 Å². The van der Waals surface area contributed by atoms with Crippen LogP contribution >= 0.6 is 0 Å². The molecular weight excluding hydrogens is 158 g/mol. The summed E-state index contributed by atoms with van der Waals surface area (Å²) in [5, 5.41) is 3.23. The molecule has 0 saturated carbocycles. The van der Waals surface area contributed by atoms with Gasteiger partial charge in [-0.3, -0.25) is 0 Å². The molecule has 1 nitrogen and oxygen atoms in total. The predicted molar refractivity (Wildman–Crippen MR) is 56.0 cm³/mol. The third-order valence-corrected chi connectivity index (χ3v) is 2.98. The number of benzene rings is 1. The quantitative estimate of drug-likeness (QED) is 0.726. The second-order valence-electron chi connectivity index (χ2n) is 3.88. The summed E-state index contributed by atoms with van der Waals surface area (Å²) in [5.74, 6) is 0. The summed E-state index contributed by atoms with van der Waals surface area (Å²) in [5.41, 5.74) is 6.22. The van der Waals surface area contributed by atoms with Crippen molar-refractivity contribution in [2.75, 3.05) is 7.05 Å². The number of nitrogens with one attached hydrogen (secondary N) is 1. The summed E-state index contributed by atoms with van der Waals surface area (Å²) >= 11 is 0. The highest BCUT2D eigenvalue weighted by Gasteiger charge is 2.15. The lowest BCUT2D eigenvalue weighted by Crippen LogP contribution is -2.08. The zero-order valence-electron chi connectivity index (χ0n) is 8.48. The first-order valence-electron chi connectivity index (χ1n) is 5.07. The minimum atomic E-state index is 1.02. The first-order chi connectivity index (χ1) is 6.33. The van der Waals surface area contributed by atoms with Gasteiger partial charge in [0.15, 0.2) is 0 Å². The van der Waals surface area contributed by atoms with Gasteiger partial charge in [-0.1, -0.05) is 12.1 Å². The summed E-state index contributed by atoms with van der Waals surface area (Å²) in [6.45, 7) is 3.25. The van der Waals surface area contributed by atoms with E-state index in [0.29, 0.717) is 0 Å². The Labute approximate surface area is 80.2 Å². The Morgan fingerprint density at radius 2 is 2.00 bits per heavy atom. The molecule has 0 fully saturated rings. The molecule has 1 aliphatic rings. The summed E-state index contributed by atoms with van der Waals surface area (Å²) < 4.78 is 0. The molecule has 0 spiro atoms. The van der Waals surface area contributed by atoms with Gasteiger partial charge in [0.05, 0.1) is 0 Å². The molecule has 1 heteroatoms. The highest BCUT2D eigenvalue weighted by Crippen LogP contribution is 2.28. The summed E-state index contributed by atoms with van der Waals surface area (Å²) in [6, 6.07) is 4.53. The Bertz CT molecular complexity index is 315. The zero-order chi connectivity index (χ0) is 9.26. The molecule has 2 rings (SSSR count). The largest absolute Gasteiger partial charge is 0.316 e. The van der Waals surface area contributed by atoms with Gasteiger partial charge in [-0.05, 0) is 55.5 Å². The van der Waals surface area contributed by atoms with Gasteiger partial charge in [-0.15, -0.1) is 0 Å². The molecule has 1 aromatic rings. The van der Waals surface area contributed by atoms with Gasteiger partial charge in [0.2, 0.25) is 0 Å². The average molecular weight is 175 g/mol. The van der Waals surface area contributed by atoms with Crippen molar-refractivity contribution in [3.05, 3.63) is 34.4 Å². The smallest absolute Gasteiger partial charge is 0.0205 e. The van der Waals surface area contributed by atoms with Crippen molar-refractivity contribution in [2.24, 2.45) is 0 Å². The van der Waals surface area contributed by atoms with Crippen LogP contribution in [0.25, 0.3) is 0 Å². The lowest BCUT2D eigenvalue weighted by Gasteiger charge is -2.10. The van der Waals surface area contributed by atoms with Gasteiger partial charge in [0, 0.05) is 6.54 Å². The first kappa shape index (κ1) is 8.76. The second-order valence-corrected chi connectivity index (χ2v) is 3.88. The van der Waals surface area contributed by atoms with E-state index in [2.05, 4.69) is 24.4 Å². The SMILES string of the molecule is CNCc1ccc(C)c2c1CCC2. The molecule has 0 amide bonds. The summed E-state index contributed by atoms with van der Waals surface area (Å²) in [7, 11) is 2.02. The standard InChI is InChI=1S/C12H17N/c1-9-6-7-10(8-13-2)12-5-3-4-11(9)12/h6-7,13H,3-5,8H2,1-2H3. The highest BCUT2D eigenvalue weighted by atomic mass is 14.8. The van der Waals surface area contributed by atoms with E-state index < -0.39 is 0 Å². The molecule has 1 N–H and O–H groups in total. The van der Waals surface area contributed by atoms with Crippen molar-refractivity contribution in [1.82, 2.24) is 5.32 Å². The Balaban J connectivity index is 2.43. The number of aryl methyl sites for hydroxylation is 1. The van der Waals surface area contributed by atoms with Crippen LogP contribution in [0.15, 0.2) is 12.1 Å². The van der Waals surface area contributed by atoms with Gasteiger partial charge >= 0.3 is 0 Å². The van der Waals surface area contributed by atoms with E-state index in [1.54, 1.807) is 11.1 Å².